The molecule has 1 aliphatic heterocycles. The molecular weight excluding hydrogens is 316 g/mol. The molecule has 1 saturated heterocycles. The van der Waals surface area contributed by atoms with Crippen LogP contribution in [0.5, 0.6) is 0 Å². The van der Waals surface area contributed by atoms with Crippen LogP contribution < -0.4 is 10.2 Å². The summed E-state index contributed by atoms with van der Waals surface area (Å²) < 4.78 is 5.28. The number of alkyl carbamates (subject to hydrolysis) is 1. The van der Waals surface area contributed by atoms with E-state index in [1.165, 1.54) is 0 Å². The molecule has 1 amide bonds. The second-order valence-electron chi connectivity index (χ2n) is 7.53. The van der Waals surface area contributed by atoms with Crippen LogP contribution in [0, 0.1) is 5.92 Å². The van der Waals surface area contributed by atoms with Crippen molar-refractivity contribution in [2.75, 3.05) is 24.5 Å². The summed E-state index contributed by atoms with van der Waals surface area (Å²) in [6.45, 7) is 8.12. The monoisotopic (exact) mass is 342 g/mol. The maximum absolute atomic E-state index is 11.7. The van der Waals surface area contributed by atoms with E-state index in [9.17, 15) is 4.79 Å². The van der Waals surface area contributed by atoms with Crippen molar-refractivity contribution in [3.05, 3.63) is 30.5 Å². The fraction of sp³-hybridized carbons (Fsp3) is 0.526. The van der Waals surface area contributed by atoms with Crippen molar-refractivity contribution in [2.45, 2.75) is 39.2 Å². The first-order valence-corrected chi connectivity index (χ1v) is 8.84. The van der Waals surface area contributed by atoms with E-state index >= 15 is 0 Å². The third-order valence-corrected chi connectivity index (χ3v) is 4.31. The first kappa shape index (κ1) is 17.5. The van der Waals surface area contributed by atoms with Crippen LogP contribution >= 0.6 is 0 Å². The van der Waals surface area contributed by atoms with E-state index in [0.29, 0.717) is 12.5 Å². The summed E-state index contributed by atoms with van der Waals surface area (Å²) in [4.78, 5) is 23.2. The van der Waals surface area contributed by atoms with Gasteiger partial charge in [0.2, 0.25) is 0 Å². The van der Waals surface area contributed by atoms with Crippen molar-refractivity contribution in [3.8, 4) is 0 Å². The van der Waals surface area contributed by atoms with Crippen molar-refractivity contribution in [3.63, 3.8) is 0 Å². The van der Waals surface area contributed by atoms with Crippen LogP contribution in [0.1, 0.15) is 33.6 Å². The number of amides is 1. The summed E-state index contributed by atoms with van der Waals surface area (Å²) in [5.41, 5.74) is 1.39. The average molecular weight is 342 g/mol. The van der Waals surface area contributed by atoms with Gasteiger partial charge in [-0.3, -0.25) is 4.98 Å². The summed E-state index contributed by atoms with van der Waals surface area (Å²) in [7, 11) is 0. The molecule has 1 fully saturated rings. The first-order chi connectivity index (χ1) is 11.9. The highest BCUT2D eigenvalue weighted by Crippen LogP contribution is 2.22. The van der Waals surface area contributed by atoms with Crippen molar-refractivity contribution >= 4 is 22.9 Å². The number of aromatic nitrogens is 2. The SMILES string of the molecule is CC(C)(C)OC(=O)NCC1CCN(c2cnc3ccccc3n2)CC1. The second kappa shape index (κ2) is 7.25. The predicted molar refractivity (Wildman–Crippen MR) is 98.7 cm³/mol. The Morgan fingerprint density at radius 1 is 1.24 bits per heavy atom. The lowest BCUT2D eigenvalue weighted by Crippen LogP contribution is -2.40. The van der Waals surface area contributed by atoms with Crippen molar-refractivity contribution in [1.29, 1.82) is 0 Å². The number of para-hydroxylation sites is 2. The largest absolute Gasteiger partial charge is 0.444 e. The zero-order chi connectivity index (χ0) is 17.9. The Balaban J connectivity index is 1.50. The normalized spacial score (nSPS) is 16.0. The van der Waals surface area contributed by atoms with Gasteiger partial charge in [-0.15, -0.1) is 0 Å². The summed E-state index contributed by atoms with van der Waals surface area (Å²) in [6, 6.07) is 7.92. The Kier molecular flexibility index (Phi) is 5.06. The van der Waals surface area contributed by atoms with Crippen LogP contribution in [-0.4, -0.2) is 41.3 Å². The number of nitrogens with one attached hydrogen (secondary N) is 1. The quantitative estimate of drug-likeness (QED) is 0.926. The third-order valence-electron chi connectivity index (χ3n) is 4.31. The molecule has 0 unspecified atom stereocenters. The number of piperidine rings is 1. The topological polar surface area (TPSA) is 67.3 Å². The highest BCUT2D eigenvalue weighted by Gasteiger charge is 2.22. The number of benzene rings is 1. The Morgan fingerprint density at radius 3 is 2.60 bits per heavy atom. The Labute approximate surface area is 148 Å². The molecule has 3 rings (SSSR count). The lowest BCUT2D eigenvalue weighted by Gasteiger charge is -2.32. The lowest BCUT2D eigenvalue weighted by molar-refractivity contribution is 0.0517. The van der Waals surface area contributed by atoms with Gasteiger partial charge in [0.15, 0.2) is 0 Å². The van der Waals surface area contributed by atoms with E-state index in [2.05, 4.69) is 15.2 Å². The van der Waals surface area contributed by atoms with E-state index < -0.39 is 5.60 Å². The summed E-state index contributed by atoms with van der Waals surface area (Å²) in [5, 5.41) is 2.88. The smallest absolute Gasteiger partial charge is 0.407 e. The molecule has 0 bridgehead atoms. The van der Waals surface area contributed by atoms with E-state index in [4.69, 9.17) is 9.72 Å². The van der Waals surface area contributed by atoms with Crippen LogP contribution in [0.4, 0.5) is 10.6 Å². The summed E-state index contributed by atoms with van der Waals surface area (Å²) >= 11 is 0. The van der Waals surface area contributed by atoms with Gasteiger partial charge in [0.05, 0.1) is 17.2 Å². The second-order valence-corrected chi connectivity index (χ2v) is 7.53. The maximum atomic E-state index is 11.7. The van der Waals surface area contributed by atoms with Gasteiger partial charge >= 0.3 is 6.09 Å². The van der Waals surface area contributed by atoms with E-state index in [0.717, 1.165) is 42.8 Å². The number of rotatable bonds is 3. The van der Waals surface area contributed by atoms with Crippen molar-refractivity contribution < 1.29 is 9.53 Å². The number of carbonyl (C=O) groups excluding carboxylic acids is 1. The number of nitrogens with zero attached hydrogens (tertiary/aromatic N) is 3. The zero-order valence-electron chi connectivity index (χ0n) is 15.2. The number of ether oxygens (including phenoxy) is 1. The van der Waals surface area contributed by atoms with E-state index in [1.807, 2.05) is 51.2 Å². The highest BCUT2D eigenvalue weighted by molar-refractivity contribution is 5.75. The van der Waals surface area contributed by atoms with Gasteiger partial charge in [-0.05, 0) is 51.7 Å². The molecule has 0 spiro atoms. The van der Waals surface area contributed by atoms with Crippen LogP contribution in [0.2, 0.25) is 0 Å². The van der Waals surface area contributed by atoms with Gasteiger partial charge < -0.3 is 15.0 Å². The van der Waals surface area contributed by atoms with Crippen LogP contribution in [0.25, 0.3) is 11.0 Å². The van der Waals surface area contributed by atoms with Gasteiger partial charge in [-0.1, -0.05) is 12.1 Å². The minimum Gasteiger partial charge on any atom is -0.444 e. The molecule has 0 radical (unpaired) electrons. The van der Waals surface area contributed by atoms with Crippen LogP contribution in [-0.2, 0) is 4.74 Å². The Morgan fingerprint density at radius 2 is 1.92 bits per heavy atom. The summed E-state index contributed by atoms with van der Waals surface area (Å²) in [6.07, 6.45) is 3.55. The lowest BCUT2D eigenvalue weighted by atomic mass is 9.97. The minimum absolute atomic E-state index is 0.338. The Bertz CT molecular complexity index is 734. The summed E-state index contributed by atoms with van der Waals surface area (Å²) in [5.74, 6) is 1.40. The zero-order valence-corrected chi connectivity index (χ0v) is 15.2. The van der Waals surface area contributed by atoms with Gasteiger partial charge in [-0.2, -0.15) is 0 Å². The minimum atomic E-state index is -0.456. The molecule has 1 aromatic heterocycles. The molecular formula is C19H26N4O2. The van der Waals surface area contributed by atoms with Gasteiger partial charge in [0, 0.05) is 19.6 Å². The predicted octanol–water partition coefficient (Wildman–Crippen LogP) is 3.37. The molecule has 1 aliphatic rings. The maximum Gasteiger partial charge on any atom is 0.407 e. The fourth-order valence-electron chi connectivity index (χ4n) is 3.01. The van der Waals surface area contributed by atoms with E-state index in [1.54, 1.807) is 0 Å². The molecule has 2 aromatic rings. The van der Waals surface area contributed by atoms with Gasteiger partial charge in [0.1, 0.15) is 11.4 Å². The van der Waals surface area contributed by atoms with Crippen molar-refractivity contribution in [2.24, 2.45) is 5.92 Å². The highest BCUT2D eigenvalue weighted by atomic mass is 16.6. The molecule has 2 heterocycles. The van der Waals surface area contributed by atoms with Crippen LogP contribution in [0.3, 0.4) is 0 Å². The van der Waals surface area contributed by atoms with Crippen molar-refractivity contribution in [1.82, 2.24) is 15.3 Å². The number of anilines is 1. The first-order valence-electron chi connectivity index (χ1n) is 8.84. The number of hydrogen-bond donors (Lipinski definition) is 1. The molecule has 134 valence electrons. The number of hydrogen-bond acceptors (Lipinski definition) is 5. The molecule has 1 N–H and O–H groups in total. The number of fused-ring (bicyclic) bond motifs is 1. The molecule has 6 heteroatoms. The molecule has 0 atom stereocenters. The van der Waals surface area contributed by atoms with Gasteiger partial charge in [-0.25, -0.2) is 9.78 Å². The molecule has 6 nitrogen and oxygen atoms in total. The average Bonchev–Trinajstić information content (AvgIpc) is 2.58. The standard InChI is InChI=1S/C19H26N4O2/c1-19(2,3)25-18(24)21-12-14-8-10-23(11-9-14)17-13-20-15-6-4-5-7-16(15)22-17/h4-7,13-14H,8-12H2,1-3H3,(H,21,24). The fourth-order valence-corrected chi connectivity index (χ4v) is 3.01. The molecule has 25 heavy (non-hydrogen) atoms. The molecule has 0 aliphatic carbocycles. The Hall–Kier alpha value is -2.37. The number of carbonyl (C=O) groups is 1. The molecule has 1 aromatic carbocycles. The van der Waals surface area contributed by atoms with Gasteiger partial charge in [0.25, 0.3) is 0 Å². The third kappa shape index (κ3) is 4.81. The van der Waals surface area contributed by atoms with E-state index in [-0.39, 0.29) is 6.09 Å². The molecule has 0 saturated carbocycles. The van der Waals surface area contributed by atoms with Crippen LogP contribution in [0.15, 0.2) is 30.5 Å².